The molecule has 0 bridgehead atoms. The number of benzene rings is 1. The molecule has 4 nitrogen and oxygen atoms in total. The molecule has 4 heteroatoms. The van der Waals surface area contributed by atoms with Crippen molar-refractivity contribution in [2.24, 2.45) is 5.73 Å². The summed E-state index contributed by atoms with van der Waals surface area (Å²) in [6.07, 6.45) is 5.15. The van der Waals surface area contributed by atoms with E-state index >= 15 is 0 Å². The fourth-order valence-corrected chi connectivity index (χ4v) is 1.57. The fourth-order valence-electron chi connectivity index (χ4n) is 1.57. The molecule has 1 heterocycles. The van der Waals surface area contributed by atoms with Crippen LogP contribution in [0, 0.1) is 0 Å². The molecule has 84 valence electrons. The molecular formula is C12H16N4. The first-order chi connectivity index (χ1) is 7.79. The molecule has 0 fully saturated rings. The van der Waals surface area contributed by atoms with E-state index in [1.165, 1.54) is 11.9 Å². The lowest BCUT2D eigenvalue weighted by atomic mass is 10.0. The van der Waals surface area contributed by atoms with E-state index < -0.39 is 0 Å². The predicted octanol–water partition coefficient (Wildman–Crippen LogP) is 1.55. The van der Waals surface area contributed by atoms with Gasteiger partial charge >= 0.3 is 0 Å². The monoisotopic (exact) mass is 216 g/mol. The summed E-state index contributed by atoms with van der Waals surface area (Å²) in [6, 6.07) is 8.50. The zero-order valence-corrected chi connectivity index (χ0v) is 9.37. The Hall–Kier alpha value is -1.68. The van der Waals surface area contributed by atoms with Crippen LogP contribution in [0.5, 0.6) is 0 Å². The third kappa shape index (κ3) is 2.46. The minimum atomic E-state index is 0.247. The average molecular weight is 216 g/mol. The maximum atomic E-state index is 5.91. The molecule has 0 aliphatic heterocycles. The van der Waals surface area contributed by atoms with Crippen molar-refractivity contribution in [1.29, 1.82) is 0 Å². The van der Waals surface area contributed by atoms with Gasteiger partial charge in [-0.2, -0.15) is 5.10 Å². The van der Waals surface area contributed by atoms with Gasteiger partial charge in [-0.1, -0.05) is 19.1 Å². The van der Waals surface area contributed by atoms with Gasteiger partial charge in [0.15, 0.2) is 0 Å². The van der Waals surface area contributed by atoms with Gasteiger partial charge in [0.05, 0.1) is 5.69 Å². The highest BCUT2D eigenvalue weighted by atomic mass is 15.3. The van der Waals surface area contributed by atoms with E-state index in [4.69, 9.17) is 5.73 Å². The Morgan fingerprint density at radius 2 is 2.06 bits per heavy atom. The molecule has 2 rings (SSSR count). The third-order valence-electron chi connectivity index (χ3n) is 2.64. The molecule has 0 spiro atoms. The topological polar surface area (TPSA) is 56.7 Å². The van der Waals surface area contributed by atoms with Crippen molar-refractivity contribution in [3.8, 4) is 5.69 Å². The third-order valence-corrected chi connectivity index (χ3v) is 2.64. The molecule has 1 aromatic carbocycles. The Labute approximate surface area is 95.1 Å². The summed E-state index contributed by atoms with van der Waals surface area (Å²) in [5, 5.41) is 4.07. The van der Waals surface area contributed by atoms with E-state index in [1.807, 2.05) is 12.1 Å². The van der Waals surface area contributed by atoms with Gasteiger partial charge in [-0.3, -0.25) is 0 Å². The molecule has 1 unspecified atom stereocenters. The second-order valence-corrected chi connectivity index (χ2v) is 3.88. The molecule has 0 saturated carbocycles. The molecule has 1 aromatic heterocycles. The summed E-state index contributed by atoms with van der Waals surface area (Å²) in [6.45, 7) is 2.11. The molecule has 0 amide bonds. The smallest absolute Gasteiger partial charge is 0.138 e. The van der Waals surface area contributed by atoms with Gasteiger partial charge in [0.2, 0.25) is 0 Å². The van der Waals surface area contributed by atoms with Crippen LogP contribution in [-0.2, 0) is 6.42 Å². The lowest BCUT2D eigenvalue weighted by Crippen LogP contribution is -2.21. The molecule has 2 N–H and O–H groups in total. The van der Waals surface area contributed by atoms with Crippen molar-refractivity contribution < 1.29 is 0 Å². The van der Waals surface area contributed by atoms with E-state index in [0.717, 1.165) is 18.5 Å². The average Bonchev–Trinajstić information content (AvgIpc) is 2.83. The first-order valence-corrected chi connectivity index (χ1v) is 5.49. The van der Waals surface area contributed by atoms with Crippen LogP contribution in [-0.4, -0.2) is 20.8 Å². The van der Waals surface area contributed by atoms with Crippen molar-refractivity contribution >= 4 is 0 Å². The summed E-state index contributed by atoms with van der Waals surface area (Å²) in [5.41, 5.74) is 8.19. The van der Waals surface area contributed by atoms with E-state index in [1.54, 1.807) is 11.0 Å². The molecule has 0 radical (unpaired) electrons. The maximum absolute atomic E-state index is 5.91. The van der Waals surface area contributed by atoms with E-state index in [-0.39, 0.29) is 6.04 Å². The van der Waals surface area contributed by atoms with E-state index in [0.29, 0.717) is 0 Å². The van der Waals surface area contributed by atoms with Gasteiger partial charge in [0, 0.05) is 6.04 Å². The normalized spacial score (nSPS) is 12.6. The molecule has 0 saturated heterocycles. The Kier molecular flexibility index (Phi) is 3.31. The number of hydrogen-bond donors (Lipinski definition) is 1. The number of rotatable bonds is 4. The van der Waals surface area contributed by atoms with Gasteiger partial charge in [-0.25, -0.2) is 9.67 Å². The maximum Gasteiger partial charge on any atom is 0.138 e. The van der Waals surface area contributed by atoms with Crippen LogP contribution in [0.4, 0.5) is 0 Å². The van der Waals surface area contributed by atoms with Gasteiger partial charge in [0.25, 0.3) is 0 Å². The quantitative estimate of drug-likeness (QED) is 0.843. The van der Waals surface area contributed by atoms with Gasteiger partial charge in [-0.15, -0.1) is 0 Å². The number of nitrogens with two attached hydrogens (primary N) is 1. The fraction of sp³-hybridized carbons (Fsp3) is 0.333. The number of aromatic nitrogens is 3. The summed E-state index contributed by atoms with van der Waals surface area (Å²) in [7, 11) is 0. The van der Waals surface area contributed by atoms with Crippen LogP contribution in [0.1, 0.15) is 18.9 Å². The molecule has 16 heavy (non-hydrogen) atoms. The van der Waals surface area contributed by atoms with Crippen molar-refractivity contribution in [3.05, 3.63) is 42.5 Å². The molecule has 2 aromatic rings. The summed E-state index contributed by atoms with van der Waals surface area (Å²) in [5.74, 6) is 0. The van der Waals surface area contributed by atoms with Gasteiger partial charge in [0.1, 0.15) is 12.7 Å². The van der Waals surface area contributed by atoms with Crippen molar-refractivity contribution in [2.45, 2.75) is 25.8 Å². The van der Waals surface area contributed by atoms with E-state index in [9.17, 15) is 0 Å². The standard InChI is InChI=1S/C12H16N4/c1-2-11(13)7-10-3-5-12(6-4-10)16-9-14-8-15-16/h3-6,8-9,11H,2,7,13H2,1H3. The SMILES string of the molecule is CCC(N)Cc1ccc(-n2cncn2)cc1. The highest BCUT2D eigenvalue weighted by Gasteiger charge is 2.02. The number of hydrogen-bond acceptors (Lipinski definition) is 3. The Morgan fingerprint density at radius 3 is 2.62 bits per heavy atom. The molecule has 1 atom stereocenters. The van der Waals surface area contributed by atoms with Crippen molar-refractivity contribution in [3.63, 3.8) is 0 Å². The van der Waals surface area contributed by atoms with Crippen LogP contribution < -0.4 is 5.73 Å². The zero-order valence-electron chi connectivity index (χ0n) is 9.37. The highest BCUT2D eigenvalue weighted by molar-refractivity contribution is 5.33. The summed E-state index contributed by atoms with van der Waals surface area (Å²) in [4.78, 5) is 3.91. The lowest BCUT2D eigenvalue weighted by Gasteiger charge is -2.09. The Morgan fingerprint density at radius 1 is 1.31 bits per heavy atom. The summed E-state index contributed by atoms with van der Waals surface area (Å²) < 4.78 is 1.74. The Bertz CT molecular complexity index is 419. The summed E-state index contributed by atoms with van der Waals surface area (Å²) >= 11 is 0. The second kappa shape index (κ2) is 4.90. The molecular weight excluding hydrogens is 200 g/mol. The van der Waals surface area contributed by atoms with Crippen molar-refractivity contribution in [2.75, 3.05) is 0 Å². The zero-order chi connectivity index (χ0) is 11.4. The van der Waals surface area contributed by atoms with Crippen molar-refractivity contribution in [1.82, 2.24) is 14.8 Å². The van der Waals surface area contributed by atoms with E-state index in [2.05, 4.69) is 29.1 Å². The van der Waals surface area contributed by atoms with Crippen LogP contribution in [0.25, 0.3) is 5.69 Å². The molecule has 0 aliphatic carbocycles. The van der Waals surface area contributed by atoms with Gasteiger partial charge < -0.3 is 5.73 Å². The number of nitrogens with zero attached hydrogens (tertiary/aromatic N) is 3. The minimum Gasteiger partial charge on any atom is -0.327 e. The van der Waals surface area contributed by atoms with Crippen LogP contribution in [0.15, 0.2) is 36.9 Å². The second-order valence-electron chi connectivity index (χ2n) is 3.88. The first kappa shape index (κ1) is 10.8. The first-order valence-electron chi connectivity index (χ1n) is 5.49. The predicted molar refractivity (Wildman–Crippen MR) is 63.3 cm³/mol. The minimum absolute atomic E-state index is 0.247. The van der Waals surface area contributed by atoms with Gasteiger partial charge in [-0.05, 0) is 30.5 Å². The Balaban J connectivity index is 2.11. The highest BCUT2D eigenvalue weighted by Crippen LogP contribution is 2.10. The largest absolute Gasteiger partial charge is 0.327 e. The molecule has 0 aliphatic rings. The van der Waals surface area contributed by atoms with Crippen LogP contribution >= 0.6 is 0 Å². The lowest BCUT2D eigenvalue weighted by molar-refractivity contribution is 0.646. The van der Waals surface area contributed by atoms with Crippen LogP contribution in [0.3, 0.4) is 0 Å². The van der Waals surface area contributed by atoms with Crippen LogP contribution in [0.2, 0.25) is 0 Å².